The van der Waals surface area contributed by atoms with E-state index in [0.29, 0.717) is 11.4 Å². The number of ether oxygens (including phenoxy) is 1. The minimum atomic E-state index is -0.556. The molecule has 148 valence electrons. The van der Waals surface area contributed by atoms with E-state index in [1.807, 2.05) is 48.5 Å². The van der Waals surface area contributed by atoms with Crippen molar-refractivity contribution in [3.8, 4) is 5.75 Å². The Bertz CT molecular complexity index is 997. The quantitative estimate of drug-likeness (QED) is 0.394. The first kappa shape index (κ1) is 18.9. The summed E-state index contributed by atoms with van der Waals surface area (Å²) in [5, 5.41) is 9.21. The molecule has 0 saturated carbocycles. The summed E-state index contributed by atoms with van der Waals surface area (Å²) < 4.78 is 5.34. The SMILES string of the molecule is O=C(Nc1ccc(Nc2ccncc2)cc1)Oc1ccc(Nc2ccncc2)cc1. The van der Waals surface area contributed by atoms with Gasteiger partial charge in [-0.2, -0.15) is 0 Å². The molecule has 0 bridgehead atoms. The fraction of sp³-hybridized carbons (Fsp3) is 0. The molecule has 7 heteroatoms. The second-order valence-corrected chi connectivity index (χ2v) is 6.34. The third kappa shape index (κ3) is 5.32. The molecule has 2 aromatic carbocycles. The monoisotopic (exact) mass is 397 g/mol. The number of hydrogen-bond donors (Lipinski definition) is 3. The van der Waals surface area contributed by atoms with Crippen molar-refractivity contribution in [2.45, 2.75) is 0 Å². The molecule has 4 rings (SSSR count). The molecule has 0 fully saturated rings. The maximum atomic E-state index is 12.2. The van der Waals surface area contributed by atoms with Gasteiger partial charge in [0.15, 0.2) is 0 Å². The van der Waals surface area contributed by atoms with E-state index < -0.39 is 6.09 Å². The summed E-state index contributed by atoms with van der Waals surface area (Å²) in [7, 11) is 0. The Balaban J connectivity index is 1.30. The predicted octanol–water partition coefficient (Wildman–Crippen LogP) is 5.57. The van der Waals surface area contributed by atoms with Crippen LogP contribution in [0.5, 0.6) is 5.75 Å². The average Bonchev–Trinajstić information content (AvgIpc) is 2.78. The van der Waals surface area contributed by atoms with E-state index in [0.717, 1.165) is 22.7 Å². The molecule has 1 amide bonds. The smallest absolute Gasteiger partial charge is 0.410 e. The Morgan fingerprint density at radius 3 is 1.47 bits per heavy atom. The van der Waals surface area contributed by atoms with Gasteiger partial charge in [0, 0.05) is 53.2 Å². The number of nitrogens with one attached hydrogen (secondary N) is 3. The van der Waals surface area contributed by atoms with Crippen molar-refractivity contribution in [1.29, 1.82) is 0 Å². The normalized spacial score (nSPS) is 10.1. The standard InChI is InChI=1S/C23H19N5O2/c29-23(28-19-3-1-17(2-4-19)26-20-9-13-24-14-10-20)30-22-7-5-18(6-8-22)27-21-11-15-25-16-12-21/h1-16H,(H,24,26)(H,25,27)(H,28,29). The van der Waals surface area contributed by atoms with Crippen molar-refractivity contribution in [1.82, 2.24) is 9.97 Å². The van der Waals surface area contributed by atoms with E-state index >= 15 is 0 Å². The minimum absolute atomic E-state index is 0.448. The van der Waals surface area contributed by atoms with Crippen LogP contribution in [-0.2, 0) is 0 Å². The fourth-order valence-corrected chi connectivity index (χ4v) is 2.70. The first-order chi connectivity index (χ1) is 14.7. The molecule has 0 unspecified atom stereocenters. The molecule has 0 saturated heterocycles. The zero-order chi connectivity index (χ0) is 20.6. The van der Waals surface area contributed by atoms with Crippen molar-refractivity contribution < 1.29 is 9.53 Å². The van der Waals surface area contributed by atoms with Gasteiger partial charge in [0.1, 0.15) is 5.75 Å². The molecule has 30 heavy (non-hydrogen) atoms. The molecule has 0 atom stereocenters. The summed E-state index contributed by atoms with van der Waals surface area (Å²) >= 11 is 0. The Morgan fingerprint density at radius 2 is 0.967 bits per heavy atom. The van der Waals surface area contributed by atoms with E-state index in [-0.39, 0.29) is 0 Å². The number of pyridine rings is 2. The number of nitrogens with zero attached hydrogens (tertiary/aromatic N) is 2. The van der Waals surface area contributed by atoms with Crippen LogP contribution in [0.3, 0.4) is 0 Å². The molecule has 0 aliphatic carbocycles. The van der Waals surface area contributed by atoms with Crippen LogP contribution < -0.4 is 20.7 Å². The van der Waals surface area contributed by atoms with Gasteiger partial charge in [-0.25, -0.2) is 4.79 Å². The Kier molecular flexibility index (Phi) is 5.81. The second-order valence-electron chi connectivity index (χ2n) is 6.34. The number of aromatic nitrogens is 2. The zero-order valence-electron chi connectivity index (χ0n) is 15.9. The van der Waals surface area contributed by atoms with Gasteiger partial charge in [-0.1, -0.05) is 0 Å². The fourth-order valence-electron chi connectivity index (χ4n) is 2.70. The molecule has 0 radical (unpaired) electrons. The van der Waals surface area contributed by atoms with E-state index in [9.17, 15) is 4.79 Å². The van der Waals surface area contributed by atoms with Crippen molar-refractivity contribution in [2.75, 3.05) is 16.0 Å². The largest absolute Gasteiger partial charge is 0.417 e. The van der Waals surface area contributed by atoms with Crippen molar-refractivity contribution in [2.24, 2.45) is 0 Å². The van der Waals surface area contributed by atoms with Crippen LogP contribution in [-0.4, -0.2) is 16.1 Å². The number of hydrogen-bond acceptors (Lipinski definition) is 6. The lowest BCUT2D eigenvalue weighted by Crippen LogP contribution is -2.16. The zero-order valence-corrected chi connectivity index (χ0v) is 15.9. The van der Waals surface area contributed by atoms with Crippen molar-refractivity contribution in [3.05, 3.63) is 97.6 Å². The summed E-state index contributed by atoms with van der Waals surface area (Å²) in [6, 6.07) is 22.0. The van der Waals surface area contributed by atoms with Crippen LogP contribution in [0.1, 0.15) is 0 Å². The Morgan fingerprint density at radius 1 is 0.567 bits per heavy atom. The summed E-state index contributed by atoms with van der Waals surface area (Å²) in [4.78, 5) is 20.1. The van der Waals surface area contributed by atoms with Gasteiger partial charge in [-0.15, -0.1) is 0 Å². The van der Waals surface area contributed by atoms with Gasteiger partial charge in [0.25, 0.3) is 0 Å². The van der Waals surface area contributed by atoms with E-state index in [1.54, 1.807) is 49.1 Å². The van der Waals surface area contributed by atoms with Gasteiger partial charge < -0.3 is 15.4 Å². The summed E-state index contributed by atoms with van der Waals surface area (Å²) in [5.74, 6) is 0.448. The molecule has 0 aliphatic heterocycles. The molecule has 3 N–H and O–H groups in total. The highest BCUT2D eigenvalue weighted by Crippen LogP contribution is 2.21. The number of amides is 1. The topological polar surface area (TPSA) is 88.2 Å². The molecule has 7 nitrogen and oxygen atoms in total. The van der Waals surface area contributed by atoms with Crippen LogP contribution in [0.4, 0.5) is 33.2 Å². The highest BCUT2D eigenvalue weighted by atomic mass is 16.6. The van der Waals surface area contributed by atoms with Crippen LogP contribution in [0.25, 0.3) is 0 Å². The highest BCUT2D eigenvalue weighted by Gasteiger charge is 2.06. The second kappa shape index (κ2) is 9.20. The average molecular weight is 397 g/mol. The van der Waals surface area contributed by atoms with Gasteiger partial charge in [0.05, 0.1) is 0 Å². The van der Waals surface area contributed by atoms with Crippen LogP contribution in [0, 0.1) is 0 Å². The summed E-state index contributed by atoms with van der Waals surface area (Å²) in [6.07, 6.45) is 6.31. The summed E-state index contributed by atoms with van der Waals surface area (Å²) in [5.41, 5.74) is 4.28. The number of carbonyl (C=O) groups excluding carboxylic acids is 1. The van der Waals surface area contributed by atoms with E-state index in [1.165, 1.54) is 0 Å². The van der Waals surface area contributed by atoms with E-state index in [4.69, 9.17) is 4.74 Å². The van der Waals surface area contributed by atoms with Gasteiger partial charge in [-0.05, 0) is 72.8 Å². The maximum Gasteiger partial charge on any atom is 0.417 e. The van der Waals surface area contributed by atoms with Crippen molar-refractivity contribution >= 4 is 34.5 Å². The van der Waals surface area contributed by atoms with Crippen LogP contribution >= 0.6 is 0 Å². The number of carbonyl (C=O) groups is 1. The maximum absolute atomic E-state index is 12.2. The number of rotatable bonds is 6. The van der Waals surface area contributed by atoms with Crippen molar-refractivity contribution in [3.63, 3.8) is 0 Å². The predicted molar refractivity (Wildman–Crippen MR) is 118 cm³/mol. The molecular formula is C23H19N5O2. The minimum Gasteiger partial charge on any atom is -0.410 e. The summed E-state index contributed by atoms with van der Waals surface area (Å²) in [6.45, 7) is 0. The Labute approximate surface area is 173 Å². The first-order valence-corrected chi connectivity index (χ1v) is 9.28. The molecule has 0 aliphatic rings. The lowest BCUT2D eigenvalue weighted by molar-refractivity contribution is 0.215. The number of benzene rings is 2. The van der Waals surface area contributed by atoms with Gasteiger partial charge in [0.2, 0.25) is 0 Å². The molecule has 2 heterocycles. The lowest BCUT2D eigenvalue weighted by Gasteiger charge is -2.10. The van der Waals surface area contributed by atoms with Gasteiger partial charge in [-0.3, -0.25) is 15.3 Å². The molecule has 2 aromatic heterocycles. The molecule has 0 spiro atoms. The number of anilines is 5. The third-order valence-electron chi connectivity index (χ3n) is 4.13. The highest BCUT2D eigenvalue weighted by molar-refractivity contribution is 5.86. The lowest BCUT2D eigenvalue weighted by atomic mass is 10.2. The van der Waals surface area contributed by atoms with Gasteiger partial charge >= 0.3 is 6.09 Å². The molecular weight excluding hydrogens is 378 g/mol. The van der Waals surface area contributed by atoms with E-state index in [2.05, 4.69) is 25.9 Å². The van der Waals surface area contributed by atoms with Crippen LogP contribution in [0.15, 0.2) is 97.6 Å². The third-order valence-corrected chi connectivity index (χ3v) is 4.13. The molecule has 4 aromatic rings. The first-order valence-electron chi connectivity index (χ1n) is 9.28. The Hall–Kier alpha value is -4.39. The van der Waals surface area contributed by atoms with Crippen LogP contribution in [0.2, 0.25) is 0 Å².